The number of fused-ring (bicyclic) bond motifs is 1. The van der Waals surface area contributed by atoms with Gasteiger partial charge in [0.25, 0.3) is 13.4 Å². The summed E-state index contributed by atoms with van der Waals surface area (Å²) in [6.07, 6.45) is 1.88. The Labute approximate surface area is 200 Å². The van der Waals surface area contributed by atoms with E-state index in [4.69, 9.17) is 22.1 Å². The molecule has 2 aromatic heterocycles. The molecule has 1 aromatic carbocycles. The van der Waals surface area contributed by atoms with Gasteiger partial charge in [-0.3, -0.25) is 19.2 Å². The monoisotopic (exact) mass is 509 g/mol. The fourth-order valence-corrected chi connectivity index (χ4v) is 5.25. The molecule has 3 aromatic rings. The number of halogens is 1. The number of ether oxygens (including phenoxy) is 1. The maximum Gasteiger partial charge on any atom is 0.323 e. The van der Waals surface area contributed by atoms with Gasteiger partial charge in [-0.1, -0.05) is 11.6 Å². The van der Waals surface area contributed by atoms with E-state index < -0.39 is 37.3 Å². The summed E-state index contributed by atoms with van der Waals surface area (Å²) in [5, 5.41) is 14.9. The third kappa shape index (κ3) is 6.09. The smallest absolute Gasteiger partial charge is 0.323 e. The van der Waals surface area contributed by atoms with Crippen LogP contribution in [0.4, 0.5) is 5.82 Å². The summed E-state index contributed by atoms with van der Waals surface area (Å²) >= 11 is 5.85. The van der Waals surface area contributed by atoms with Gasteiger partial charge in [0.15, 0.2) is 11.5 Å². The largest absolute Gasteiger partial charge is 0.480 e. The number of nitrogens with two attached hydrogens (primary N) is 1. The average Bonchev–Trinajstić information content (AvgIpc) is 3.16. The third-order valence-electron chi connectivity index (χ3n) is 4.81. The van der Waals surface area contributed by atoms with Crippen molar-refractivity contribution in [3.63, 3.8) is 0 Å². The number of hydrogen-bond acceptors (Lipinski definition) is 8. The second kappa shape index (κ2) is 10.1. The van der Waals surface area contributed by atoms with Crippen molar-refractivity contribution in [1.82, 2.24) is 29.7 Å². The molecule has 182 valence electrons. The lowest BCUT2D eigenvalue weighted by atomic mass is 10.1. The molecule has 12 nitrogen and oxygen atoms in total. The quantitative estimate of drug-likeness (QED) is 0.297. The minimum absolute atomic E-state index is 0.203. The molecule has 0 bridgehead atoms. The normalized spacial score (nSPS) is 14.5. The number of carbonyl (C=O) groups is 2. The summed E-state index contributed by atoms with van der Waals surface area (Å²) < 4.78 is 21.1. The van der Waals surface area contributed by atoms with Crippen LogP contribution in [0.2, 0.25) is 5.02 Å². The summed E-state index contributed by atoms with van der Waals surface area (Å²) in [4.78, 5) is 36.6. The molecule has 3 rings (SSSR count). The van der Waals surface area contributed by atoms with Crippen molar-refractivity contribution in [2.24, 2.45) is 0 Å². The molecule has 0 fully saturated rings. The Kier molecular flexibility index (Phi) is 7.57. The van der Waals surface area contributed by atoms with Crippen molar-refractivity contribution < 1.29 is 24.0 Å². The first-order valence-corrected chi connectivity index (χ1v) is 12.4. The lowest BCUT2D eigenvalue weighted by Gasteiger charge is -2.29. The summed E-state index contributed by atoms with van der Waals surface area (Å²) in [6, 6.07) is 5.96. The van der Waals surface area contributed by atoms with Gasteiger partial charge >= 0.3 is 5.97 Å². The molecule has 14 heteroatoms. The van der Waals surface area contributed by atoms with Crippen molar-refractivity contribution in [3.8, 4) is 0 Å². The fraction of sp³-hybridized carbons (Fsp3) is 0.350. The maximum atomic E-state index is 13.6. The highest BCUT2D eigenvalue weighted by Gasteiger charge is 2.37. The first kappa shape index (κ1) is 25.6. The molecule has 0 saturated carbocycles. The number of nitrogen functional groups attached to an aromatic ring is 1. The SMILES string of the molecule is C[C@@H](Cn1cnc2c(N)ncnc21)OCP(=O)(NC(=O)c1ccc(Cl)cc1)NC(C)(C)C(=O)O. The van der Waals surface area contributed by atoms with Crippen LogP contribution in [-0.2, 0) is 20.6 Å². The molecule has 0 aliphatic heterocycles. The molecule has 2 atom stereocenters. The van der Waals surface area contributed by atoms with Gasteiger partial charge in [0, 0.05) is 10.6 Å². The number of hydrogen-bond donors (Lipinski definition) is 4. The number of aromatic nitrogens is 4. The van der Waals surface area contributed by atoms with Gasteiger partial charge in [0.2, 0.25) is 0 Å². The van der Waals surface area contributed by atoms with Crippen LogP contribution in [0.25, 0.3) is 11.2 Å². The van der Waals surface area contributed by atoms with Crippen LogP contribution in [0.1, 0.15) is 31.1 Å². The minimum Gasteiger partial charge on any atom is -0.480 e. The van der Waals surface area contributed by atoms with Crippen molar-refractivity contribution in [2.45, 2.75) is 39.0 Å². The number of benzene rings is 1. The van der Waals surface area contributed by atoms with E-state index in [9.17, 15) is 19.3 Å². The van der Waals surface area contributed by atoms with E-state index in [1.54, 1.807) is 11.5 Å². The van der Waals surface area contributed by atoms with Gasteiger partial charge < -0.3 is 20.1 Å². The molecule has 34 heavy (non-hydrogen) atoms. The predicted molar refractivity (Wildman–Crippen MR) is 127 cm³/mol. The standard InChI is InChI=1S/C20H25ClN7O5P/c1-12(8-28-10-25-15-16(22)23-9-24-17(15)28)33-11-34(32,27-20(2,3)19(30)31)26-18(29)13-4-6-14(21)7-5-13/h4-7,9-10,12H,8,11H2,1-3H3,(H,30,31)(H2,22,23,24)(H2,26,27,29,32)/t12-,34?/m0/s1. The van der Waals surface area contributed by atoms with Crippen molar-refractivity contribution in [1.29, 1.82) is 0 Å². The summed E-state index contributed by atoms with van der Waals surface area (Å²) in [6.45, 7) is 4.67. The average molecular weight is 510 g/mol. The van der Waals surface area contributed by atoms with Gasteiger partial charge in [0.05, 0.1) is 19.0 Å². The number of rotatable bonds is 10. The van der Waals surface area contributed by atoms with Gasteiger partial charge in [-0.05, 0) is 45.0 Å². The topological polar surface area (TPSA) is 174 Å². The van der Waals surface area contributed by atoms with Crippen molar-refractivity contribution >= 4 is 47.9 Å². The zero-order chi connectivity index (χ0) is 25.1. The number of carboxylic acids is 1. The summed E-state index contributed by atoms with van der Waals surface area (Å²) in [5.74, 6) is -1.67. The first-order valence-electron chi connectivity index (χ1n) is 10.1. The number of imidazole rings is 1. The van der Waals surface area contributed by atoms with E-state index >= 15 is 0 Å². The number of aliphatic carboxylic acids is 1. The third-order valence-corrected chi connectivity index (χ3v) is 7.06. The van der Waals surface area contributed by atoms with Crippen molar-refractivity contribution in [2.75, 3.05) is 12.1 Å². The lowest BCUT2D eigenvalue weighted by Crippen LogP contribution is -2.48. The molecule has 0 saturated heterocycles. The molecular formula is C20H25ClN7O5P. The molecule has 0 spiro atoms. The Morgan fingerprint density at radius 1 is 1.26 bits per heavy atom. The van der Waals surface area contributed by atoms with E-state index in [0.29, 0.717) is 16.2 Å². The number of nitrogens with zero attached hydrogens (tertiary/aromatic N) is 4. The Bertz CT molecular complexity index is 1250. The van der Waals surface area contributed by atoms with Crippen LogP contribution >= 0.6 is 19.0 Å². The molecule has 5 N–H and O–H groups in total. The Hall–Kier alpha value is -3.05. The Morgan fingerprint density at radius 3 is 2.59 bits per heavy atom. The number of carboxylic acid groups (broad SMARTS) is 1. The predicted octanol–water partition coefficient (Wildman–Crippen LogP) is 2.50. The minimum atomic E-state index is -3.88. The molecule has 0 aliphatic carbocycles. The van der Waals surface area contributed by atoms with Crippen LogP contribution in [-0.4, -0.2) is 54.5 Å². The molecule has 2 heterocycles. The zero-order valence-corrected chi connectivity index (χ0v) is 20.4. The number of anilines is 1. The van der Waals surface area contributed by atoms with E-state index in [-0.39, 0.29) is 17.9 Å². The Morgan fingerprint density at radius 2 is 1.94 bits per heavy atom. The summed E-state index contributed by atoms with van der Waals surface area (Å²) in [5.41, 5.74) is 5.35. The van der Waals surface area contributed by atoms with Crippen LogP contribution in [0.15, 0.2) is 36.9 Å². The second-order valence-corrected chi connectivity index (χ2v) is 10.8. The van der Waals surface area contributed by atoms with Crippen LogP contribution < -0.4 is 15.9 Å². The van der Waals surface area contributed by atoms with Crippen LogP contribution in [0.3, 0.4) is 0 Å². The highest BCUT2D eigenvalue weighted by Crippen LogP contribution is 2.40. The molecule has 1 amide bonds. The van der Waals surface area contributed by atoms with Crippen molar-refractivity contribution in [3.05, 3.63) is 47.5 Å². The highest BCUT2D eigenvalue weighted by atomic mass is 35.5. The van der Waals surface area contributed by atoms with Gasteiger partial charge in [-0.25, -0.2) is 20.0 Å². The Balaban J connectivity index is 1.75. The number of amides is 1. The van der Waals surface area contributed by atoms with Gasteiger partial charge in [0.1, 0.15) is 23.7 Å². The first-order chi connectivity index (χ1) is 15.9. The molecular weight excluding hydrogens is 485 g/mol. The maximum absolute atomic E-state index is 13.6. The molecule has 1 unspecified atom stereocenters. The van der Waals surface area contributed by atoms with Gasteiger partial charge in [-0.15, -0.1) is 0 Å². The van der Waals surface area contributed by atoms with E-state index in [1.807, 2.05) is 0 Å². The highest BCUT2D eigenvalue weighted by molar-refractivity contribution is 7.60. The van der Waals surface area contributed by atoms with Crippen LogP contribution in [0.5, 0.6) is 0 Å². The fourth-order valence-electron chi connectivity index (χ4n) is 3.02. The van der Waals surface area contributed by atoms with E-state index in [2.05, 4.69) is 25.1 Å². The van der Waals surface area contributed by atoms with Gasteiger partial charge in [-0.2, -0.15) is 0 Å². The molecule has 0 aliphatic rings. The van der Waals surface area contributed by atoms with E-state index in [0.717, 1.165) is 0 Å². The zero-order valence-electron chi connectivity index (χ0n) is 18.7. The number of carbonyl (C=O) groups excluding carboxylic acids is 1. The van der Waals surface area contributed by atoms with E-state index in [1.165, 1.54) is 50.8 Å². The second-order valence-electron chi connectivity index (χ2n) is 8.16. The van der Waals surface area contributed by atoms with Crippen LogP contribution in [0, 0.1) is 0 Å². The lowest BCUT2D eigenvalue weighted by molar-refractivity contribution is -0.142. The molecule has 0 radical (unpaired) electrons. The summed E-state index contributed by atoms with van der Waals surface area (Å²) in [7, 11) is -3.88. The number of nitrogens with one attached hydrogen (secondary N) is 2.